The third-order valence-corrected chi connectivity index (χ3v) is 3.79. The molecule has 1 amide bonds. The van der Waals surface area contributed by atoms with E-state index in [9.17, 15) is 4.79 Å². The number of ether oxygens (including phenoxy) is 1. The molecule has 2 rings (SSSR count). The van der Waals surface area contributed by atoms with E-state index in [-0.39, 0.29) is 5.91 Å². The van der Waals surface area contributed by atoms with Crippen LogP contribution in [0.5, 0.6) is 0 Å². The molecule has 1 N–H and O–H groups in total. The van der Waals surface area contributed by atoms with Crippen LogP contribution in [-0.2, 0) is 16.1 Å². The van der Waals surface area contributed by atoms with Crippen LogP contribution in [-0.4, -0.2) is 59.8 Å². The molecule has 0 bridgehead atoms. The highest BCUT2D eigenvalue weighted by atomic mass is 16.5. The maximum absolute atomic E-state index is 12.2. The highest BCUT2D eigenvalue weighted by Gasteiger charge is 2.28. The Morgan fingerprint density at radius 2 is 2.45 bits per heavy atom. The number of hydrogen-bond donors (Lipinski definition) is 1. The number of aromatic nitrogens is 2. The van der Waals surface area contributed by atoms with E-state index in [1.165, 1.54) is 0 Å². The molecule has 1 saturated heterocycles. The molecule has 1 aromatic heterocycles. The predicted molar refractivity (Wildman–Crippen MR) is 76.4 cm³/mol. The summed E-state index contributed by atoms with van der Waals surface area (Å²) in [5, 5.41) is 3.12. The van der Waals surface area contributed by atoms with Crippen LogP contribution in [0.2, 0.25) is 0 Å². The van der Waals surface area contributed by atoms with Crippen LogP contribution in [0.1, 0.15) is 18.7 Å². The normalized spacial score (nSPS) is 18.7. The zero-order valence-electron chi connectivity index (χ0n) is 12.3. The Labute approximate surface area is 120 Å². The third kappa shape index (κ3) is 3.80. The molecule has 6 nitrogen and oxygen atoms in total. The summed E-state index contributed by atoms with van der Waals surface area (Å²) in [5.74, 6) is 1.18. The first kappa shape index (κ1) is 15.0. The second-order valence-electron chi connectivity index (χ2n) is 5.18. The monoisotopic (exact) mass is 280 g/mol. The second-order valence-corrected chi connectivity index (χ2v) is 5.18. The number of aryl methyl sites for hydroxylation is 1. The van der Waals surface area contributed by atoms with E-state index in [2.05, 4.69) is 14.9 Å². The Balaban J connectivity index is 1.84. The van der Waals surface area contributed by atoms with E-state index in [1.54, 1.807) is 7.11 Å². The number of imidazole rings is 1. The Kier molecular flexibility index (Phi) is 5.55. The van der Waals surface area contributed by atoms with Crippen LogP contribution in [0, 0.1) is 6.92 Å². The average Bonchev–Trinajstić information content (AvgIpc) is 3.05. The van der Waals surface area contributed by atoms with E-state index in [4.69, 9.17) is 4.74 Å². The van der Waals surface area contributed by atoms with Gasteiger partial charge < -0.3 is 19.5 Å². The van der Waals surface area contributed by atoms with Crippen molar-refractivity contribution in [3.63, 3.8) is 0 Å². The summed E-state index contributed by atoms with van der Waals surface area (Å²) in [4.78, 5) is 18.5. The van der Waals surface area contributed by atoms with Crippen molar-refractivity contribution in [2.24, 2.45) is 0 Å². The van der Waals surface area contributed by atoms with Gasteiger partial charge in [-0.2, -0.15) is 0 Å². The SMILES string of the molecule is COCCNCC(=O)N1CCCC1Cn1ccnc1C. The number of hydrogen-bond acceptors (Lipinski definition) is 4. The van der Waals surface area contributed by atoms with Gasteiger partial charge in [0.1, 0.15) is 5.82 Å². The highest BCUT2D eigenvalue weighted by Crippen LogP contribution is 2.19. The molecule has 1 atom stereocenters. The van der Waals surface area contributed by atoms with Crippen molar-refractivity contribution in [1.82, 2.24) is 19.8 Å². The molecule has 1 unspecified atom stereocenters. The van der Waals surface area contributed by atoms with Crippen molar-refractivity contribution in [3.05, 3.63) is 18.2 Å². The lowest BCUT2D eigenvalue weighted by molar-refractivity contribution is -0.131. The smallest absolute Gasteiger partial charge is 0.236 e. The number of nitrogens with one attached hydrogen (secondary N) is 1. The third-order valence-electron chi connectivity index (χ3n) is 3.79. The van der Waals surface area contributed by atoms with Crippen molar-refractivity contribution in [2.75, 3.05) is 33.4 Å². The number of rotatable bonds is 7. The van der Waals surface area contributed by atoms with Crippen LogP contribution >= 0.6 is 0 Å². The van der Waals surface area contributed by atoms with E-state index < -0.39 is 0 Å². The number of nitrogens with zero attached hydrogens (tertiary/aromatic N) is 3. The molecule has 2 heterocycles. The molecule has 1 fully saturated rings. The summed E-state index contributed by atoms with van der Waals surface area (Å²) in [6, 6.07) is 0.291. The molecule has 1 aromatic rings. The molecule has 0 aliphatic carbocycles. The zero-order valence-corrected chi connectivity index (χ0v) is 12.3. The number of likely N-dealkylation sites (tertiary alicyclic amines) is 1. The van der Waals surface area contributed by atoms with Crippen molar-refractivity contribution in [3.8, 4) is 0 Å². The maximum Gasteiger partial charge on any atom is 0.236 e. The van der Waals surface area contributed by atoms with Crippen LogP contribution in [0.15, 0.2) is 12.4 Å². The van der Waals surface area contributed by atoms with Gasteiger partial charge in [-0.1, -0.05) is 0 Å². The van der Waals surface area contributed by atoms with Gasteiger partial charge in [0.05, 0.1) is 13.2 Å². The fourth-order valence-corrected chi connectivity index (χ4v) is 2.65. The topological polar surface area (TPSA) is 59.4 Å². The number of amides is 1. The van der Waals surface area contributed by atoms with Crippen molar-refractivity contribution in [1.29, 1.82) is 0 Å². The van der Waals surface area contributed by atoms with Crippen molar-refractivity contribution < 1.29 is 9.53 Å². The van der Waals surface area contributed by atoms with E-state index in [0.29, 0.717) is 25.7 Å². The fraction of sp³-hybridized carbons (Fsp3) is 0.714. The van der Waals surface area contributed by atoms with Gasteiger partial charge in [0.2, 0.25) is 5.91 Å². The second kappa shape index (κ2) is 7.40. The van der Waals surface area contributed by atoms with Gasteiger partial charge in [0, 0.05) is 45.2 Å². The van der Waals surface area contributed by atoms with Gasteiger partial charge in [0.15, 0.2) is 0 Å². The van der Waals surface area contributed by atoms with Crippen LogP contribution < -0.4 is 5.32 Å². The average molecular weight is 280 g/mol. The Morgan fingerprint density at radius 3 is 3.15 bits per heavy atom. The molecule has 0 saturated carbocycles. The van der Waals surface area contributed by atoms with Gasteiger partial charge in [-0.05, 0) is 19.8 Å². The van der Waals surface area contributed by atoms with Crippen molar-refractivity contribution >= 4 is 5.91 Å². The highest BCUT2D eigenvalue weighted by molar-refractivity contribution is 5.78. The van der Waals surface area contributed by atoms with Crippen LogP contribution in [0.25, 0.3) is 0 Å². The molecular formula is C14H24N4O2. The molecule has 0 aromatic carbocycles. The fourth-order valence-electron chi connectivity index (χ4n) is 2.65. The Hall–Kier alpha value is -1.40. The Morgan fingerprint density at radius 1 is 1.60 bits per heavy atom. The van der Waals surface area contributed by atoms with Crippen LogP contribution in [0.4, 0.5) is 0 Å². The minimum absolute atomic E-state index is 0.182. The lowest BCUT2D eigenvalue weighted by Crippen LogP contribution is -2.43. The zero-order chi connectivity index (χ0) is 14.4. The van der Waals surface area contributed by atoms with Gasteiger partial charge in [-0.3, -0.25) is 4.79 Å². The molecule has 0 radical (unpaired) electrons. The minimum atomic E-state index is 0.182. The van der Waals surface area contributed by atoms with Gasteiger partial charge in [-0.25, -0.2) is 4.98 Å². The summed E-state index contributed by atoms with van der Waals surface area (Å²) in [5.41, 5.74) is 0. The van der Waals surface area contributed by atoms with Crippen LogP contribution in [0.3, 0.4) is 0 Å². The first-order valence-corrected chi connectivity index (χ1v) is 7.19. The van der Waals surface area contributed by atoms with Gasteiger partial charge in [-0.15, -0.1) is 0 Å². The quantitative estimate of drug-likeness (QED) is 0.735. The lowest BCUT2D eigenvalue weighted by Gasteiger charge is -2.25. The predicted octanol–water partition coefficient (Wildman–Crippen LogP) is 0.419. The standard InChI is InChI=1S/C14H24N4O2/c1-12-16-5-8-17(12)11-13-4-3-7-18(13)14(19)10-15-6-9-20-2/h5,8,13,15H,3-4,6-7,9-11H2,1-2H3. The first-order valence-electron chi connectivity index (χ1n) is 7.19. The lowest BCUT2D eigenvalue weighted by atomic mass is 10.2. The maximum atomic E-state index is 12.2. The van der Waals surface area contributed by atoms with E-state index in [0.717, 1.165) is 31.8 Å². The summed E-state index contributed by atoms with van der Waals surface area (Å²) < 4.78 is 7.08. The van der Waals surface area contributed by atoms with Gasteiger partial charge >= 0.3 is 0 Å². The molecule has 1 aliphatic rings. The number of methoxy groups -OCH3 is 1. The number of carbonyl (C=O) groups is 1. The van der Waals surface area contributed by atoms with Crippen molar-refractivity contribution in [2.45, 2.75) is 32.4 Å². The summed E-state index contributed by atoms with van der Waals surface area (Å²) in [6.07, 6.45) is 5.94. The molecule has 6 heteroatoms. The first-order chi connectivity index (χ1) is 9.72. The summed E-state index contributed by atoms with van der Waals surface area (Å²) in [7, 11) is 1.66. The Bertz CT molecular complexity index is 433. The summed E-state index contributed by atoms with van der Waals surface area (Å²) >= 11 is 0. The summed E-state index contributed by atoms with van der Waals surface area (Å²) in [6.45, 7) is 5.43. The molecule has 0 spiro atoms. The molecular weight excluding hydrogens is 256 g/mol. The molecule has 112 valence electrons. The van der Waals surface area contributed by atoms with Gasteiger partial charge in [0.25, 0.3) is 0 Å². The molecule has 20 heavy (non-hydrogen) atoms. The minimum Gasteiger partial charge on any atom is -0.383 e. The number of carbonyl (C=O) groups excluding carboxylic acids is 1. The molecule has 1 aliphatic heterocycles. The largest absolute Gasteiger partial charge is 0.383 e. The van der Waals surface area contributed by atoms with E-state index in [1.807, 2.05) is 24.2 Å². The van der Waals surface area contributed by atoms with E-state index >= 15 is 0 Å².